The predicted octanol–water partition coefficient (Wildman–Crippen LogP) is 2.55. The summed E-state index contributed by atoms with van der Waals surface area (Å²) in [7, 11) is 1.42. The fourth-order valence-corrected chi connectivity index (χ4v) is 2.39. The molecule has 0 bridgehead atoms. The number of carbonyl (C=O) groups is 2. The summed E-state index contributed by atoms with van der Waals surface area (Å²) in [4.78, 5) is 24.3. The van der Waals surface area contributed by atoms with Gasteiger partial charge in [-0.2, -0.15) is 10.4 Å². The van der Waals surface area contributed by atoms with E-state index in [0.717, 1.165) is 5.69 Å². The van der Waals surface area contributed by atoms with Gasteiger partial charge in [0.15, 0.2) is 12.4 Å². The molecule has 0 atom stereocenters. The first-order valence-electron chi connectivity index (χ1n) is 8.27. The molecule has 0 unspecified atom stereocenters. The monoisotopic (exact) mass is 376 g/mol. The summed E-state index contributed by atoms with van der Waals surface area (Å²) in [6, 6.07) is 17.5. The number of benzene rings is 2. The molecule has 0 spiro atoms. The number of anilines is 1. The quantitative estimate of drug-likeness (QED) is 0.663. The number of rotatable bonds is 6. The summed E-state index contributed by atoms with van der Waals surface area (Å²) in [6.07, 6.45) is 1.56. The van der Waals surface area contributed by atoms with Crippen LogP contribution in [0.3, 0.4) is 0 Å². The van der Waals surface area contributed by atoms with Crippen LogP contribution in [0.1, 0.15) is 16.1 Å². The molecule has 28 heavy (non-hydrogen) atoms. The van der Waals surface area contributed by atoms with E-state index in [0.29, 0.717) is 11.3 Å². The smallest absolute Gasteiger partial charge is 0.363 e. The average Bonchev–Trinajstić information content (AvgIpc) is 3.18. The van der Waals surface area contributed by atoms with Crippen LogP contribution in [-0.2, 0) is 9.53 Å². The van der Waals surface area contributed by atoms with Crippen LogP contribution in [0.4, 0.5) is 5.69 Å². The largest absolute Gasteiger partial charge is 0.493 e. The SMILES string of the molecule is COc1cn(-c2ccccc2)nc1C(=O)OCC(=O)Nc1ccc(C#N)cc1. The molecule has 0 aliphatic carbocycles. The normalized spacial score (nSPS) is 10.0. The van der Waals surface area contributed by atoms with Crippen molar-refractivity contribution < 1.29 is 19.1 Å². The second kappa shape index (κ2) is 8.51. The van der Waals surface area contributed by atoms with E-state index < -0.39 is 18.5 Å². The lowest BCUT2D eigenvalue weighted by Crippen LogP contribution is -2.21. The third kappa shape index (κ3) is 4.34. The maximum atomic E-state index is 12.3. The molecule has 0 radical (unpaired) electrons. The van der Waals surface area contributed by atoms with Crippen molar-refractivity contribution in [2.45, 2.75) is 0 Å². The number of hydrogen-bond acceptors (Lipinski definition) is 6. The van der Waals surface area contributed by atoms with Crippen molar-refractivity contribution in [2.24, 2.45) is 0 Å². The van der Waals surface area contributed by atoms with Gasteiger partial charge in [-0.05, 0) is 36.4 Å². The minimum absolute atomic E-state index is 0.0301. The predicted molar refractivity (Wildman–Crippen MR) is 100 cm³/mol. The Morgan fingerprint density at radius 1 is 1.14 bits per heavy atom. The number of esters is 1. The van der Waals surface area contributed by atoms with Crippen molar-refractivity contribution in [3.63, 3.8) is 0 Å². The van der Waals surface area contributed by atoms with E-state index in [4.69, 9.17) is 14.7 Å². The molecule has 1 N–H and O–H groups in total. The molecular weight excluding hydrogens is 360 g/mol. The van der Waals surface area contributed by atoms with Crippen molar-refractivity contribution in [2.75, 3.05) is 19.0 Å². The van der Waals surface area contributed by atoms with Crippen LogP contribution in [0.15, 0.2) is 60.8 Å². The topological polar surface area (TPSA) is 106 Å². The highest BCUT2D eigenvalue weighted by atomic mass is 16.5. The lowest BCUT2D eigenvalue weighted by molar-refractivity contribution is -0.119. The molecule has 3 rings (SSSR count). The van der Waals surface area contributed by atoms with Crippen molar-refractivity contribution >= 4 is 17.6 Å². The molecule has 0 aliphatic rings. The average molecular weight is 376 g/mol. The minimum atomic E-state index is -0.776. The maximum Gasteiger partial charge on any atom is 0.363 e. The number of nitrogens with one attached hydrogen (secondary N) is 1. The highest BCUT2D eigenvalue weighted by Gasteiger charge is 2.21. The first-order chi connectivity index (χ1) is 13.6. The number of para-hydroxylation sites is 1. The standard InChI is InChI=1S/C20H16N4O4/c1-27-17-12-24(16-5-3-2-4-6-16)23-19(17)20(26)28-13-18(25)22-15-9-7-14(11-21)8-10-15/h2-10,12H,13H2,1H3,(H,22,25). The van der Waals surface area contributed by atoms with Crippen LogP contribution in [0.5, 0.6) is 5.75 Å². The van der Waals surface area contributed by atoms with Crippen LogP contribution in [0.2, 0.25) is 0 Å². The summed E-state index contributed by atoms with van der Waals surface area (Å²) < 4.78 is 11.7. The molecule has 1 amide bonds. The summed E-state index contributed by atoms with van der Waals surface area (Å²) in [5.41, 5.74) is 1.69. The Kier molecular flexibility index (Phi) is 5.67. The van der Waals surface area contributed by atoms with Crippen molar-refractivity contribution in [3.05, 3.63) is 72.1 Å². The van der Waals surface area contributed by atoms with Crippen molar-refractivity contribution in [1.82, 2.24) is 9.78 Å². The van der Waals surface area contributed by atoms with Crippen LogP contribution in [0, 0.1) is 11.3 Å². The van der Waals surface area contributed by atoms with Crippen LogP contribution < -0.4 is 10.1 Å². The molecule has 0 saturated carbocycles. The molecule has 140 valence electrons. The van der Waals surface area contributed by atoms with Gasteiger partial charge >= 0.3 is 5.97 Å². The summed E-state index contributed by atoms with van der Waals surface area (Å²) in [5.74, 6) is -1.05. The molecular formula is C20H16N4O4. The zero-order valence-electron chi connectivity index (χ0n) is 15.0. The van der Waals surface area contributed by atoms with Crippen LogP contribution >= 0.6 is 0 Å². The summed E-state index contributed by atoms with van der Waals surface area (Å²) >= 11 is 0. The Hall–Kier alpha value is -4.12. The summed E-state index contributed by atoms with van der Waals surface area (Å²) in [6.45, 7) is -0.486. The molecule has 2 aromatic carbocycles. The number of carbonyl (C=O) groups excluding carboxylic acids is 2. The fraction of sp³-hybridized carbons (Fsp3) is 0.100. The van der Waals surface area contributed by atoms with Gasteiger partial charge in [0.2, 0.25) is 5.69 Å². The lowest BCUT2D eigenvalue weighted by Gasteiger charge is -2.06. The van der Waals surface area contributed by atoms with Crippen LogP contribution in [-0.4, -0.2) is 35.4 Å². The fourth-order valence-electron chi connectivity index (χ4n) is 2.39. The van der Waals surface area contributed by atoms with E-state index in [1.54, 1.807) is 30.5 Å². The van der Waals surface area contributed by atoms with E-state index in [-0.39, 0.29) is 11.4 Å². The molecule has 8 heteroatoms. The van der Waals surface area contributed by atoms with E-state index in [2.05, 4.69) is 10.4 Å². The van der Waals surface area contributed by atoms with Crippen molar-refractivity contribution in [3.8, 4) is 17.5 Å². The van der Waals surface area contributed by atoms with Gasteiger partial charge in [-0.1, -0.05) is 18.2 Å². The first-order valence-corrected chi connectivity index (χ1v) is 8.27. The van der Waals surface area contributed by atoms with Gasteiger partial charge in [0.1, 0.15) is 0 Å². The zero-order chi connectivity index (χ0) is 19.9. The van der Waals surface area contributed by atoms with E-state index in [1.165, 1.54) is 11.8 Å². The third-order valence-corrected chi connectivity index (χ3v) is 3.75. The number of hydrogen-bond donors (Lipinski definition) is 1. The van der Waals surface area contributed by atoms with Gasteiger partial charge in [-0.15, -0.1) is 0 Å². The van der Waals surface area contributed by atoms with Gasteiger partial charge in [-0.25, -0.2) is 9.48 Å². The van der Waals surface area contributed by atoms with E-state index >= 15 is 0 Å². The zero-order valence-corrected chi connectivity index (χ0v) is 15.0. The van der Waals surface area contributed by atoms with Gasteiger partial charge in [0.05, 0.1) is 30.6 Å². The Morgan fingerprint density at radius 2 is 1.86 bits per heavy atom. The van der Waals surface area contributed by atoms with E-state index in [1.807, 2.05) is 36.4 Å². The maximum absolute atomic E-state index is 12.3. The number of aromatic nitrogens is 2. The van der Waals surface area contributed by atoms with Crippen molar-refractivity contribution in [1.29, 1.82) is 5.26 Å². The Balaban J connectivity index is 1.63. The number of nitriles is 1. The molecule has 8 nitrogen and oxygen atoms in total. The molecule has 0 fully saturated rings. The number of ether oxygens (including phenoxy) is 2. The van der Waals surface area contributed by atoms with Crippen LogP contribution in [0.25, 0.3) is 5.69 Å². The summed E-state index contributed by atoms with van der Waals surface area (Å²) in [5, 5.41) is 15.5. The minimum Gasteiger partial charge on any atom is -0.493 e. The van der Waals surface area contributed by atoms with Gasteiger partial charge in [0, 0.05) is 5.69 Å². The molecule has 1 aromatic heterocycles. The van der Waals surface area contributed by atoms with E-state index in [9.17, 15) is 9.59 Å². The number of nitrogens with zero attached hydrogens (tertiary/aromatic N) is 3. The lowest BCUT2D eigenvalue weighted by atomic mass is 10.2. The molecule has 1 heterocycles. The Labute approximate surface area is 160 Å². The second-order valence-corrected chi connectivity index (χ2v) is 5.64. The third-order valence-electron chi connectivity index (χ3n) is 3.75. The van der Waals surface area contributed by atoms with Gasteiger partial charge < -0.3 is 14.8 Å². The first kappa shape index (κ1) is 18.7. The number of amides is 1. The second-order valence-electron chi connectivity index (χ2n) is 5.64. The molecule has 3 aromatic rings. The highest BCUT2D eigenvalue weighted by molar-refractivity contribution is 5.95. The Morgan fingerprint density at radius 3 is 2.50 bits per heavy atom. The Bertz CT molecular complexity index is 1020. The van der Waals surface area contributed by atoms with Gasteiger partial charge in [0.25, 0.3) is 5.91 Å². The van der Waals surface area contributed by atoms with Gasteiger partial charge in [-0.3, -0.25) is 4.79 Å². The number of methoxy groups -OCH3 is 1. The molecule has 0 aliphatic heterocycles. The molecule has 0 saturated heterocycles. The highest BCUT2D eigenvalue weighted by Crippen LogP contribution is 2.20.